The van der Waals surface area contributed by atoms with Crippen molar-refractivity contribution >= 4 is 27.3 Å². The van der Waals surface area contributed by atoms with Crippen molar-refractivity contribution in [3.8, 4) is 0 Å². The van der Waals surface area contributed by atoms with Gasteiger partial charge in [-0.3, -0.25) is 14.9 Å². The molecule has 8 heteroatoms. The molecule has 1 aliphatic heterocycles. The second-order valence-electron chi connectivity index (χ2n) is 7.12. The Morgan fingerprint density at radius 2 is 1.71 bits per heavy atom. The van der Waals surface area contributed by atoms with E-state index in [2.05, 4.69) is 27.8 Å². The van der Waals surface area contributed by atoms with E-state index in [1.165, 1.54) is 5.56 Å². The Kier molecular flexibility index (Phi) is 6.02. The highest BCUT2D eigenvalue weighted by Gasteiger charge is 2.42. The normalized spacial score (nSPS) is 19.4. The van der Waals surface area contributed by atoms with Crippen LogP contribution in [0, 0.1) is 19.8 Å². The summed E-state index contributed by atoms with van der Waals surface area (Å²) in [6.07, 6.45) is 0.912. The second kappa shape index (κ2) is 8.30. The van der Waals surface area contributed by atoms with Crippen molar-refractivity contribution in [2.24, 2.45) is 5.92 Å². The van der Waals surface area contributed by atoms with Crippen LogP contribution in [0.5, 0.6) is 0 Å². The number of carbonyl (C=O) groups excluding carboxylic acids is 1. The lowest BCUT2D eigenvalue weighted by Crippen LogP contribution is -2.45. The molecule has 150 valence electrons. The van der Waals surface area contributed by atoms with Crippen LogP contribution < -0.4 is 20.9 Å². The van der Waals surface area contributed by atoms with E-state index in [4.69, 9.17) is 0 Å². The molecular formula is C20H26N4O3S. The summed E-state index contributed by atoms with van der Waals surface area (Å²) < 4.78 is 28.4. The molecule has 2 unspecified atom stereocenters. The van der Waals surface area contributed by atoms with Gasteiger partial charge in [0.15, 0.2) is 5.37 Å². The molecule has 0 aliphatic carbocycles. The highest BCUT2D eigenvalue weighted by molar-refractivity contribution is 7.93. The van der Waals surface area contributed by atoms with Gasteiger partial charge in [-0.2, -0.15) is 0 Å². The van der Waals surface area contributed by atoms with E-state index in [1.807, 2.05) is 44.2 Å². The van der Waals surface area contributed by atoms with Crippen molar-refractivity contribution in [3.63, 3.8) is 0 Å². The Hall–Kier alpha value is -2.42. The third-order valence-electron chi connectivity index (χ3n) is 4.71. The maximum absolute atomic E-state index is 12.9. The Bertz CT molecular complexity index is 938. The fourth-order valence-corrected chi connectivity index (χ4v) is 4.79. The average molecular weight is 403 g/mol. The molecular weight excluding hydrogens is 376 g/mol. The third kappa shape index (κ3) is 4.70. The molecule has 1 aliphatic rings. The Morgan fingerprint density at radius 3 is 2.32 bits per heavy atom. The molecule has 1 saturated heterocycles. The number of aryl methyl sites for hydroxylation is 3. The van der Waals surface area contributed by atoms with Crippen LogP contribution >= 0.6 is 0 Å². The zero-order chi connectivity index (χ0) is 20.3. The topological polar surface area (TPSA) is 99.3 Å². The number of sulfonamides is 1. The van der Waals surface area contributed by atoms with E-state index in [9.17, 15) is 13.2 Å². The minimum atomic E-state index is -3.83. The molecule has 7 nitrogen and oxygen atoms in total. The van der Waals surface area contributed by atoms with E-state index in [1.54, 1.807) is 12.1 Å². The minimum Gasteiger partial charge on any atom is -0.326 e. The lowest BCUT2D eigenvalue weighted by molar-refractivity contribution is -0.119. The maximum atomic E-state index is 12.9. The zero-order valence-electron chi connectivity index (χ0n) is 16.2. The summed E-state index contributed by atoms with van der Waals surface area (Å²) in [4.78, 5) is 12.7. The lowest BCUT2D eigenvalue weighted by atomic mass is 10.1. The number of anilines is 2. The molecule has 0 bridgehead atoms. The van der Waals surface area contributed by atoms with Crippen molar-refractivity contribution in [1.29, 1.82) is 0 Å². The fourth-order valence-electron chi connectivity index (χ4n) is 3.32. The van der Waals surface area contributed by atoms with Crippen LogP contribution in [0.4, 0.5) is 11.4 Å². The van der Waals surface area contributed by atoms with Crippen LogP contribution in [-0.4, -0.2) is 26.2 Å². The van der Waals surface area contributed by atoms with Crippen LogP contribution in [0.1, 0.15) is 23.6 Å². The summed E-state index contributed by atoms with van der Waals surface area (Å²) >= 11 is 0. The summed E-state index contributed by atoms with van der Waals surface area (Å²) in [5.74, 6) is -1.12. The van der Waals surface area contributed by atoms with Crippen molar-refractivity contribution in [2.75, 3.05) is 16.6 Å². The maximum Gasteiger partial charge on any atom is 0.250 e. The number of hydrazine groups is 1. The largest absolute Gasteiger partial charge is 0.326 e. The van der Waals surface area contributed by atoms with Crippen molar-refractivity contribution in [1.82, 2.24) is 10.9 Å². The molecule has 0 saturated carbocycles. The monoisotopic (exact) mass is 402 g/mol. The minimum absolute atomic E-state index is 0.220. The number of carbonyl (C=O) groups is 1. The molecule has 3 rings (SSSR count). The van der Waals surface area contributed by atoms with E-state index < -0.39 is 21.3 Å². The Balaban J connectivity index is 1.73. The number of amides is 1. The van der Waals surface area contributed by atoms with Gasteiger partial charge in [-0.25, -0.2) is 13.8 Å². The smallest absolute Gasteiger partial charge is 0.250 e. The van der Waals surface area contributed by atoms with Gasteiger partial charge in [-0.1, -0.05) is 25.1 Å². The molecule has 2 aromatic rings. The number of benzene rings is 2. The zero-order valence-corrected chi connectivity index (χ0v) is 17.1. The summed E-state index contributed by atoms with van der Waals surface area (Å²) in [5.41, 5.74) is 9.73. The number of rotatable bonds is 6. The number of hydrogen-bond acceptors (Lipinski definition) is 5. The van der Waals surface area contributed by atoms with Crippen molar-refractivity contribution in [2.45, 2.75) is 32.6 Å². The lowest BCUT2D eigenvalue weighted by Gasteiger charge is -2.20. The van der Waals surface area contributed by atoms with Gasteiger partial charge >= 0.3 is 0 Å². The standard InChI is InChI=1S/C20H26N4O3S/c1-4-15-5-7-16(8-6-15)22-19(25)18-12-21-23-20(18)28(26,27)24-17-10-13(2)9-14(3)11-17/h5-11,18,20-21,23-24H,4,12H2,1-3H3,(H,22,25). The van der Waals surface area contributed by atoms with Crippen molar-refractivity contribution in [3.05, 3.63) is 59.2 Å². The van der Waals surface area contributed by atoms with Crippen LogP contribution in [-0.2, 0) is 21.2 Å². The van der Waals surface area contributed by atoms with E-state index in [0.29, 0.717) is 11.4 Å². The van der Waals surface area contributed by atoms with Crippen LogP contribution in [0.3, 0.4) is 0 Å². The van der Waals surface area contributed by atoms with Gasteiger partial charge in [0.05, 0.1) is 5.92 Å². The predicted octanol–water partition coefficient (Wildman–Crippen LogP) is 2.30. The van der Waals surface area contributed by atoms with Crippen LogP contribution in [0.2, 0.25) is 0 Å². The number of hydrogen-bond donors (Lipinski definition) is 4. The molecule has 1 amide bonds. The Labute approximate surface area is 165 Å². The first-order valence-corrected chi connectivity index (χ1v) is 10.8. The van der Waals surface area contributed by atoms with Gasteiger partial charge in [0.25, 0.3) is 10.0 Å². The Morgan fingerprint density at radius 1 is 1.07 bits per heavy atom. The van der Waals surface area contributed by atoms with Crippen LogP contribution in [0.25, 0.3) is 0 Å². The average Bonchev–Trinajstić information content (AvgIpc) is 3.12. The molecule has 1 fully saturated rings. The first-order valence-electron chi connectivity index (χ1n) is 9.26. The summed E-state index contributed by atoms with van der Waals surface area (Å²) in [6.45, 7) is 6.08. The van der Waals surface area contributed by atoms with E-state index >= 15 is 0 Å². The van der Waals surface area contributed by atoms with Gasteiger partial charge in [-0.05, 0) is 61.2 Å². The van der Waals surface area contributed by atoms with E-state index in [0.717, 1.165) is 17.5 Å². The SMILES string of the molecule is CCc1ccc(NC(=O)C2CNNC2S(=O)(=O)Nc2cc(C)cc(C)c2)cc1. The van der Waals surface area contributed by atoms with Crippen molar-refractivity contribution < 1.29 is 13.2 Å². The van der Waals surface area contributed by atoms with E-state index in [-0.39, 0.29) is 12.5 Å². The first-order chi connectivity index (χ1) is 13.3. The summed E-state index contributed by atoms with van der Waals surface area (Å²) in [6, 6.07) is 13.0. The highest BCUT2D eigenvalue weighted by Crippen LogP contribution is 2.22. The van der Waals surface area contributed by atoms with Gasteiger partial charge in [0.1, 0.15) is 0 Å². The van der Waals surface area contributed by atoms with Gasteiger partial charge in [0, 0.05) is 17.9 Å². The van der Waals surface area contributed by atoms with Gasteiger partial charge in [0.2, 0.25) is 5.91 Å². The first kappa shape index (κ1) is 20.3. The number of nitrogens with one attached hydrogen (secondary N) is 4. The molecule has 1 heterocycles. The molecule has 2 atom stereocenters. The van der Waals surface area contributed by atoms with Crippen LogP contribution in [0.15, 0.2) is 42.5 Å². The summed E-state index contributed by atoms with van der Waals surface area (Å²) in [7, 11) is -3.83. The molecule has 4 N–H and O–H groups in total. The molecule has 2 aromatic carbocycles. The highest BCUT2D eigenvalue weighted by atomic mass is 32.2. The second-order valence-corrected chi connectivity index (χ2v) is 8.92. The predicted molar refractivity (Wildman–Crippen MR) is 111 cm³/mol. The van der Waals surface area contributed by atoms with Gasteiger partial charge < -0.3 is 5.32 Å². The molecule has 28 heavy (non-hydrogen) atoms. The quantitative estimate of drug-likeness (QED) is 0.594. The molecule has 0 spiro atoms. The van der Waals surface area contributed by atoms with Gasteiger partial charge in [-0.15, -0.1) is 0 Å². The molecule has 0 aromatic heterocycles. The third-order valence-corrected chi connectivity index (χ3v) is 6.35. The summed E-state index contributed by atoms with van der Waals surface area (Å²) in [5, 5.41) is 1.73. The molecule has 0 radical (unpaired) electrons. The fraction of sp³-hybridized carbons (Fsp3) is 0.350.